The summed E-state index contributed by atoms with van der Waals surface area (Å²) in [6, 6.07) is 2.02. The van der Waals surface area contributed by atoms with Gasteiger partial charge in [-0.25, -0.2) is 0 Å². The van der Waals surface area contributed by atoms with Crippen LogP contribution in [-0.4, -0.2) is 184 Å². The Morgan fingerprint density at radius 2 is 0.677 bits per heavy atom. The lowest BCUT2D eigenvalue weighted by atomic mass is 9.88. The number of carbonyl (C=O) groups is 3. The number of fused-ring (bicyclic) bond motifs is 3. The zero-order valence-electron chi connectivity index (χ0n) is 64.5. The van der Waals surface area contributed by atoms with Gasteiger partial charge in [0.05, 0.1) is 90.3 Å². The summed E-state index contributed by atoms with van der Waals surface area (Å²) in [7, 11) is -12.2. The van der Waals surface area contributed by atoms with Crippen molar-refractivity contribution in [1.29, 1.82) is 0 Å². The number of ether oxygens (including phenoxy) is 6. The van der Waals surface area contributed by atoms with Crippen molar-refractivity contribution in [3.8, 4) is 0 Å². The van der Waals surface area contributed by atoms with Crippen LogP contribution in [0.15, 0.2) is 0 Å². The van der Waals surface area contributed by atoms with Gasteiger partial charge < -0.3 is 68.3 Å². The molecule has 0 N–H and O–H groups in total. The maximum atomic E-state index is 12.8. The molecular formula is C69H144O18Si6. The first-order chi connectivity index (χ1) is 43.5. The molecule has 18 nitrogen and oxygen atoms in total. The van der Waals surface area contributed by atoms with Crippen molar-refractivity contribution in [2.45, 2.75) is 313 Å². The van der Waals surface area contributed by atoms with Crippen LogP contribution in [0.3, 0.4) is 0 Å². The van der Waals surface area contributed by atoms with Crippen molar-refractivity contribution in [3.05, 3.63) is 0 Å². The molecule has 24 heteroatoms. The average molecular weight is 1430 g/mol. The topological polar surface area (TPSA) is 200 Å². The summed E-state index contributed by atoms with van der Waals surface area (Å²) in [6.45, 7) is 64.4. The molecule has 93 heavy (non-hydrogen) atoms. The largest absolute Gasteiger partial charge is 0.501 e. The van der Waals surface area contributed by atoms with Crippen LogP contribution in [0, 0.1) is 35.5 Å². The second-order valence-electron chi connectivity index (χ2n) is 30.7. The molecule has 0 aromatic rings. The highest BCUT2D eigenvalue weighted by molar-refractivity contribution is 6.78. The van der Waals surface area contributed by atoms with Crippen LogP contribution in [0.25, 0.3) is 0 Å². The van der Waals surface area contributed by atoms with Gasteiger partial charge in [0.2, 0.25) is 0 Å². The first-order valence-corrected chi connectivity index (χ1v) is 53.2. The smallest absolute Gasteiger partial charge is 0.465 e. The summed E-state index contributed by atoms with van der Waals surface area (Å²) in [5.41, 5.74) is 1.37. The molecule has 0 aromatic carbocycles. The lowest BCUT2D eigenvalue weighted by Crippen LogP contribution is -2.46. The second kappa shape index (κ2) is 45.2. The minimum atomic E-state index is -2.66. The normalized spacial score (nSPS) is 25.5. The van der Waals surface area contributed by atoms with Crippen molar-refractivity contribution >= 4 is 68.5 Å². The van der Waals surface area contributed by atoms with Crippen LogP contribution in [0.2, 0.25) is 93.7 Å². The number of hydrogen-bond acceptors (Lipinski definition) is 18. The number of rotatable bonds is 36. The molecule has 0 radical (unpaired) electrons. The summed E-state index contributed by atoms with van der Waals surface area (Å²) in [4.78, 5) is 38.2. The standard InChI is InChI=1S/3C19H38O6Si2.3C4H10/c1-7-22-27(23-8-2,24-9-3)14-10-13-21-19(20)15-11-12-16-17(25-16)18(15)26(4,5)6;1-7-22-27(23-8-2,24-9-3)12-10-11-21-19(20)15-13-16-17(25-16)14-18(15)26(4,5)6;1-7-22-27(23-8-2,24-9-3)12-10-11-21-19(20)15-13-16-18(25-16)17(14-15)26(4,5)6;3*1-4(2)3/h3*15-18H,7-14H2,1-6H3;3*4H,1-3H3. The average Bonchev–Trinajstić information content (AvgIpc) is 1.58. The van der Waals surface area contributed by atoms with Crippen LogP contribution >= 0.6 is 0 Å². The van der Waals surface area contributed by atoms with Crippen LogP contribution in [0.4, 0.5) is 0 Å². The highest BCUT2D eigenvalue weighted by atomic mass is 28.4. The highest BCUT2D eigenvalue weighted by Crippen LogP contribution is 2.54. The van der Waals surface area contributed by atoms with Gasteiger partial charge in [0, 0.05) is 85.7 Å². The molecule has 6 fully saturated rings. The summed E-state index contributed by atoms with van der Waals surface area (Å²) < 4.78 is 87.0. The van der Waals surface area contributed by atoms with Gasteiger partial charge in [-0.1, -0.05) is 121 Å². The Balaban J connectivity index is 0.000000639. The van der Waals surface area contributed by atoms with Crippen molar-refractivity contribution in [2.24, 2.45) is 35.5 Å². The van der Waals surface area contributed by atoms with E-state index < -0.39 is 50.6 Å². The van der Waals surface area contributed by atoms with Gasteiger partial charge in [-0.3, -0.25) is 14.4 Å². The minimum absolute atomic E-state index is 0.00639. The molecule has 3 saturated heterocycles. The number of hydrogen-bond donors (Lipinski definition) is 0. The van der Waals surface area contributed by atoms with Gasteiger partial charge in [0.25, 0.3) is 0 Å². The molecule has 3 aliphatic carbocycles. The third-order valence-corrected chi connectivity index (χ3v) is 34.3. The number of epoxide rings is 3. The van der Waals surface area contributed by atoms with E-state index in [0.29, 0.717) is 152 Å². The van der Waals surface area contributed by atoms with Gasteiger partial charge in [-0.05, 0) is 154 Å². The second-order valence-corrected chi connectivity index (χ2v) is 55.3. The molecule has 12 atom stereocenters. The fourth-order valence-electron chi connectivity index (χ4n) is 12.7. The van der Waals surface area contributed by atoms with Crippen molar-refractivity contribution in [3.63, 3.8) is 0 Å². The Labute approximate surface area is 575 Å². The SMILES string of the molecule is CC(C)C.CC(C)C.CC(C)C.CCO[Si](CCCOC(=O)C1CC2OC2C([Si](C)(C)C)C1)(OCC)OCC.CCO[Si](CCCOC(=O)C1CC2OC2CC1[Si](C)(C)C)(OCC)OCC.CCO[Si](CCCOC(=O)C1CCC2OC2C1[Si](C)(C)C)(OCC)OCC. The highest BCUT2D eigenvalue weighted by Gasteiger charge is 2.59. The van der Waals surface area contributed by atoms with Gasteiger partial charge in [0.15, 0.2) is 0 Å². The zero-order chi connectivity index (χ0) is 71.0. The third kappa shape index (κ3) is 34.9. The lowest BCUT2D eigenvalue weighted by molar-refractivity contribution is -0.150. The molecule has 552 valence electrons. The van der Waals surface area contributed by atoms with Crippen LogP contribution < -0.4 is 0 Å². The molecular weight excluding hydrogens is 1290 g/mol. The Morgan fingerprint density at radius 1 is 0.355 bits per heavy atom. The Morgan fingerprint density at radius 3 is 1.01 bits per heavy atom. The van der Waals surface area contributed by atoms with E-state index in [-0.39, 0.29) is 54.0 Å². The molecule has 3 heterocycles. The molecule has 12 unspecified atom stereocenters. The Hall–Kier alpha value is -0.769. The van der Waals surface area contributed by atoms with E-state index in [1.54, 1.807) is 0 Å². The van der Waals surface area contributed by atoms with E-state index in [4.69, 9.17) is 68.3 Å². The third-order valence-electron chi connectivity index (χ3n) is 16.4. The summed E-state index contributed by atoms with van der Waals surface area (Å²) in [5, 5.41) is 0. The van der Waals surface area contributed by atoms with Gasteiger partial charge in [-0.2, -0.15) is 0 Å². The predicted molar refractivity (Wildman–Crippen MR) is 390 cm³/mol. The quantitative estimate of drug-likeness (QED) is 0.0188. The van der Waals surface area contributed by atoms with E-state index >= 15 is 0 Å². The Bertz CT molecular complexity index is 1890. The monoisotopic (exact) mass is 1430 g/mol. The van der Waals surface area contributed by atoms with Crippen LogP contribution in [0.5, 0.6) is 0 Å². The van der Waals surface area contributed by atoms with E-state index in [1.807, 2.05) is 62.3 Å². The molecule has 6 aliphatic rings. The van der Waals surface area contributed by atoms with Crippen LogP contribution in [0.1, 0.15) is 182 Å². The number of esters is 3. The lowest BCUT2D eigenvalue weighted by Gasteiger charge is -2.36. The van der Waals surface area contributed by atoms with Gasteiger partial charge in [0.1, 0.15) is 0 Å². The summed E-state index contributed by atoms with van der Waals surface area (Å²) >= 11 is 0. The first-order valence-electron chi connectivity index (χ1n) is 36.7. The Kier molecular flexibility index (Phi) is 43.8. The fraction of sp³-hybridized carbons (Fsp3) is 0.957. The molecule has 0 spiro atoms. The van der Waals surface area contributed by atoms with Crippen LogP contribution in [-0.2, 0) is 82.6 Å². The molecule has 6 rings (SSSR count). The minimum Gasteiger partial charge on any atom is -0.465 e. The van der Waals surface area contributed by atoms with Crippen molar-refractivity contribution in [1.82, 2.24) is 0 Å². The first kappa shape index (κ1) is 90.2. The molecule has 3 saturated carbocycles. The maximum Gasteiger partial charge on any atom is 0.501 e. The van der Waals surface area contributed by atoms with E-state index in [0.717, 1.165) is 56.3 Å². The number of carbonyl (C=O) groups excluding carboxylic acids is 3. The molecule has 0 amide bonds. The van der Waals surface area contributed by atoms with Crippen molar-refractivity contribution < 1.29 is 82.6 Å². The summed E-state index contributed by atoms with van der Waals surface area (Å²) in [5.74, 6) is 2.31. The van der Waals surface area contributed by atoms with Crippen molar-refractivity contribution in [2.75, 3.05) is 79.3 Å². The van der Waals surface area contributed by atoms with Gasteiger partial charge in [-0.15, -0.1) is 0 Å². The predicted octanol–water partition coefficient (Wildman–Crippen LogP) is 16.5. The van der Waals surface area contributed by atoms with E-state index in [1.165, 1.54) is 0 Å². The van der Waals surface area contributed by atoms with Gasteiger partial charge >= 0.3 is 44.3 Å². The maximum absolute atomic E-state index is 12.8. The zero-order valence-corrected chi connectivity index (χ0v) is 70.5. The molecule has 0 aromatic heterocycles. The van der Waals surface area contributed by atoms with E-state index in [9.17, 15) is 14.4 Å². The molecule has 3 aliphatic heterocycles. The summed E-state index contributed by atoms with van der Waals surface area (Å²) in [6.07, 6.45) is 9.60. The van der Waals surface area contributed by atoms with E-state index in [2.05, 4.69) is 121 Å². The molecule has 0 bridgehead atoms. The fourth-order valence-corrected chi connectivity index (χ4v) is 28.0.